The zero-order valence-corrected chi connectivity index (χ0v) is 16.3. The smallest absolute Gasteiger partial charge is 0.259 e. The van der Waals surface area contributed by atoms with E-state index in [2.05, 4.69) is 15.3 Å². The second-order valence-electron chi connectivity index (χ2n) is 6.10. The number of halogens is 2. The molecule has 0 saturated heterocycles. The highest BCUT2D eigenvalue weighted by atomic mass is 35.5. The van der Waals surface area contributed by atoms with Crippen LogP contribution in [0.3, 0.4) is 0 Å². The first-order valence-electron chi connectivity index (χ1n) is 8.32. The first-order valence-corrected chi connectivity index (χ1v) is 9.07. The predicted molar refractivity (Wildman–Crippen MR) is 106 cm³/mol. The molecule has 6 nitrogen and oxygen atoms in total. The molecule has 140 valence electrons. The van der Waals surface area contributed by atoms with Crippen molar-refractivity contribution in [3.8, 4) is 5.88 Å². The summed E-state index contributed by atoms with van der Waals surface area (Å²) in [6, 6.07) is 9.03. The number of rotatable bonds is 6. The van der Waals surface area contributed by atoms with Crippen LogP contribution >= 0.6 is 23.2 Å². The van der Waals surface area contributed by atoms with Gasteiger partial charge in [-0.3, -0.25) is 10.1 Å². The molecule has 3 rings (SSSR count). The Labute approximate surface area is 167 Å². The topological polar surface area (TPSA) is 69.0 Å². The molecule has 0 fully saturated rings. The van der Waals surface area contributed by atoms with Gasteiger partial charge in [0.05, 0.1) is 18.2 Å². The van der Waals surface area contributed by atoms with Crippen LogP contribution in [-0.2, 0) is 6.54 Å². The molecule has 0 aliphatic heterocycles. The van der Waals surface area contributed by atoms with Crippen LogP contribution in [-0.4, -0.2) is 26.5 Å². The van der Waals surface area contributed by atoms with Gasteiger partial charge >= 0.3 is 0 Å². The van der Waals surface area contributed by atoms with Crippen molar-refractivity contribution >= 4 is 35.1 Å². The van der Waals surface area contributed by atoms with E-state index in [0.29, 0.717) is 29.0 Å². The maximum atomic E-state index is 12.5. The van der Waals surface area contributed by atoms with E-state index in [1.165, 1.54) is 12.3 Å². The SMILES string of the molecule is CC(C)Oc1ncc(C(=O)Nc2nccn2Cc2ccccc2Cl)cc1Cl. The Balaban J connectivity index is 1.75. The monoisotopic (exact) mass is 404 g/mol. The van der Waals surface area contributed by atoms with E-state index < -0.39 is 0 Å². The Kier molecular flexibility index (Phi) is 5.98. The molecule has 1 amide bonds. The van der Waals surface area contributed by atoms with Gasteiger partial charge in [-0.1, -0.05) is 41.4 Å². The largest absolute Gasteiger partial charge is 0.474 e. The molecular weight excluding hydrogens is 387 g/mol. The first-order chi connectivity index (χ1) is 12.9. The number of amides is 1. The third kappa shape index (κ3) is 4.78. The fraction of sp³-hybridized carbons (Fsp3) is 0.211. The van der Waals surface area contributed by atoms with Gasteiger partial charge in [0.2, 0.25) is 11.8 Å². The summed E-state index contributed by atoms with van der Waals surface area (Å²) in [4.78, 5) is 20.8. The molecule has 2 heterocycles. The molecule has 0 bridgehead atoms. The van der Waals surface area contributed by atoms with Crippen LogP contribution in [0.4, 0.5) is 5.95 Å². The summed E-state index contributed by atoms with van der Waals surface area (Å²) in [5.74, 6) is 0.328. The van der Waals surface area contributed by atoms with Crippen LogP contribution in [0.15, 0.2) is 48.9 Å². The normalized spacial score (nSPS) is 10.9. The van der Waals surface area contributed by atoms with E-state index in [0.717, 1.165) is 5.56 Å². The van der Waals surface area contributed by atoms with E-state index in [1.54, 1.807) is 17.0 Å². The molecular formula is C19H18Cl2N4O2. The van der Waals surface area contributed by atoms with Gasteiger partial charge < -0.3 is 9.30 Å². The molecule has 27 heavy (non-hydrogen) atoms. The van der Waals surface area contributed by atoms with Crippen molar-refractivity contribution in [2.45, 2.75) is 26.5 Å². The van der Waals surface area contributed by atoms with Crippen molar-refractivity contribution in [3.05, 3.63) is 70.1 Å². The van der Waals surface area contributed by atoms with Gasteiger partial charge in [-0.2, -0.15) is 0 Å². The average Bonchev–Trinajstić information content (AvgIpc) is 3.05. The average molecular weight is 405 g/mol. The van der Waals surface area contributed by atoms with Gasteiger partial charge in [-0.25, -0.2) is 9.97 Å². The number of benzene rings is 1. The lowest BCUT2D eigenvalue weighted by Gasteiger charge is -2.12. The molecule has 2 aromatic heterocycles. The number of anilines is 1. The second-order valence-corrected chi connectivity index (χ2v) is 6.92. The van der Waals surface area contributed by atoms with E-state index in [9.17, 15) is 4.79 Å². The summed E-state index contributed by atoms with van der Waals surface area (Å²) in [5, 5.41) is 3.69. The predicted octanol–water partition coefficient (Wildman–Crippen LogP) is 4.67. The number of carbonyl (C=O) groups is 1. The number of imidazole rings is 1. The molecule has 1 N–H and O–H groups in total. The Morgan fingerprint density at radius 3 is 2.70 bits per heavy atom. The van der Waals surface area contributed by atoms with Crippen molar-refractivity contribution in [3.63, 3.8) is 0 Å². The molecule has 8 heteroatoms. The summed E-state index contributed by atoms with van der Waals surface area (Å²) in [5.41, 5.74) is 1.23. The van der Waals surface area contributed by atoms with Crippen LogP contribution < -0.4 is 10.1 Å². The Hall–Kier alpha value is -2.57. The minimum Gasteiger partial charge on any atom is -0.474 e. The molecule has 0 spiro atoms. The Bertz CT molecular complexity index is 956. The van der Waals surface area contributed by atoms with Crippen LogP contribution in [0.1, 0.15) is 29.8 Å². The summed E-state index contributed by atoms with van der Waals surface area (Å²) in [6.45, 7) is 4.23. The molecule has 0 saturated carbocycles. The second kappa shape index (κ2) is 8.41. The van der Waals surface area contributed by atoms with Crippen molar-refractivity contribution in [2.75, 3.05) is 5.32 Å². The lowest BCUT2D eigenvalue weighted by Crippen LogP contribution is -2.17. The first kappa shape index (κ1) is 19.2. The molecule has 3 aromatic rings. The zero-order chi connectivity index (χ0) is 19.4. The van der Waals surface area contributed by atoms with Crippen LogP contribution in [0.25, 0.3) is 0 Å². The highest BCUT2D eigenvalue weighted by Crippen LogP contribution is 2.24. The van der Waals surface area contributed by atoms with E-state index in [-0.39, 0.29) is 17.0 Å². The van der Waals surface area contributed by atoms with E-state index in [4.69, 9.17) is 27.9 Å². The standard InChI is InChI=1S/C19H18Cl2N4O2/c1-12(2)27-18-16(21)9-14(10-23-18)17(26)24-19-22-7-8-25(19)11-13-5-3-4-6-15(13)20/h3-10,12H,11H2,1-2H3,(H,22,24,26). The van der Waals surface area contributed by atoms with Gasteiger partial charge in [-0.05, 0) is 31.5 Å². The highest BCUT2D eigenvalue weighted by molar-refractivity contribution is 6.32. The van der Waals surface area contributed by atoms with Crippen molar-refractivity contribution in [1.29, 1.82) is 0 Å². The fourth-order valence-electron chi connectivity index (χ4n) is 2.40. The lowest BCUT2D eigenvalue weighted by atomic mass is 10.2. The summed E-state index contributed by atoms with van der Waals surface area (Å²) in [6.07, 6.45) is 4.73. The summed E-state index contributed by atoms with van der Waals surface area (Å²) >= 11 is 12.4. The van der Waals surface area contributed by atoms with Crippen LogP contribution in [0.2, 0.25) is 10.0 Å². The van der Waals surface area contributed by atoms with Crippen molar-refractivity contribution in [2.24, 2.45) is 0 Å². The minimum atomic E-state index is -0.368. The van der Waals surface area contributed by atoms with Gasteiger partial charge in [0.1, 0.15) is 5.02 Å². The van der Waals surface area contributed by atoms with Gasteiger partial charge in [0.15, 0.2) is 0 Å². The summed E-state index contributed by atoms with van der Waals surface area (Å²) < 4.78 is 7.27. The number of aromatic nitrogens is 3. The van der Waals surface area contributed by atoms with Crippen LogP contribution in [0.5, 0.6) is 5.88 Å². The number of hydrogen-bond donors (Lipinski definition) is 1. The zero-order valence-electron chi connectivity index (χ0n) is 14.8. The molecule has 0 radical (unpaired) electrons. The summed E-state index contributed by atoms with van der Waals surface area (Å²) in [7, 11) is 0. The number of nitrogens with one attached hydrogen (secondary N) is 1. The quantitative estimate of drug-likeness (QED) is 0.647. The van der Waals surface area contributed by atoms with Crippen molar-refractivity contribution < 1.29 is 9.53 Å². The fourth-order valence-corrected chi connectivity index (χ4v) is 2.81. The van der Waals surface area contributed by atoms with Gasteiger partial charge in [0.25, 0.3) is 5.91 Å². The number of carbonyl (C=O) groups excluding carboxylic acids is 1. The van der Waals surface area contributed by atoms with E-state index in [1.807, 2.05) is 38.1 Å². The highest BCUT2D eigenvalue weighted by Gasteiger charge is 2.14. The van der Waals surface area contributed by atoms with Gasteiger partial charge in [0, 0.05) is 23.6 Å². The number of ether oxygens (including phenoxy) is 1. The van der Waals surface area contributed by atoms with Gasteiger partial charge in [-0.15, -0.1) is 0 Å². The molecule has 0 unspecified atom stereocenters. The Morgan fingerprint density at radius 2 is 2.00 bits per heavy atom. The maximum absolute atomic E-state index is 12.5. The van der Waals surface area contributed by atoms with Crippen molar-refractivity contribution in [1.82, 2.24) is 14.5 Å². The number of nitrogens with zero attached hydrogens (tertiary/aromatic N) is 3. The lowest BCUT2D eigenvalue weighted by molar-refractivity contribution is 0.102. The molecule has 0 aliphatic carbocycles. The molecule has 0 atom stereocenters. The minimum absolute atomic E-state index is 0.0630. The maximum Gasteiger partial charge on any atom is 0.259 e. The third-order valence-electron chi connectivity index (χ3n) is 3.66. The third-order valence-corrected chi connectivity index (χ3v) is 4.30. The Morgan fingerprint density at radius 1 is 1.22 bits per heavy atom. The number of pyridine rings is 1. The molecule has 1 aromatic carbocycles. The molecule has 0 aliphatic rings. The number of hydrogen-bond acceptors (Lipinski definition) is 4. The van der Waals surface area contributed by atoms with Crippen LogP contribution in [0, 0.1) is 0 Å². The van der Waals surface area contributed by atoms with E-state index >= 15 is 0 Å².